The predicted molar refractivity (Wildman–Crippen MR) is 211 cm³/mol. The van der Waals surface area contributed by atoms with E-state index < -0.39 is 62.7 Å². The van der Waals surface area contributed by atoms with E-state index in [0.717, 1.165) is 31.2 Å². The van der Waals surface area contributed by atoms with Crippen LogP contribution in [0, 0.1) is 51.2 Å². The molecule has 0 amide bonds. The zero-order valence-corrected chi connectivity index (χ0v) is 32.9. The number of nitrogens with two attached hydrogens (primary N) is 2. The van der Waals surface area contributed by atoms with Crippen LogP contribution >= 0.6 is 0 Å². The lowest BCUT2D eigenvalue weighted by Crippen LogP contribution is -2.70. The highest BCUT2D eigenvalue weighted by Crippen LogP contribution is 2.80. The van der Waals surface area contributed by atoms with Crippen molar-refractivity contribution in [3.63, 3.8) is 0 Å². The molecule has 0 aromatic heterocycles. The number of benzene rings is 1. The van der Waals surface area contributed by atoms with Crippen molar-refractivity contribution >= 4 is 29.6 Å². The summed E-state index contributed by atoms with van der Waals surface area (Å²) in [5.74, 6) is -3.55. The lowest BCUT2D eigenvalue weighted by molar-refractivity contribution is -0.168. The Morgan fingerprint density at radius 1 is 1.02 bits per heavy atom. The summed E-state index contributed by atoms with van der Waals surface area (Å²) in [5, 5.41) is 48.3. The Hall–Kier alpha value is -3.86. The fourth-order valence-electron chi connectivity index (χ4n) is 13.3. The summed E-state index contributed by atoms with van der Waals surface area (Å²) >= 11 is 0. The summed E-state index contributed by atoms with van der Waals surface area (Å²) in [6.07, 6.45) is 12.9. The molecule has 3 saturated carbocycles. The van der Waals surface area contributed by atoms with Crippen molar-refractivity contribution in [1.29, 1.82) is 0 Å². The number of allylic oxidation sites excluding steroid dienone is 1. The van der Waals surface area contributed by atoms with Crippen LogP contribution < -0.4 is 11.5 Å². The smallest absolute Gasteiger partial charge is 0.331 e. The number of aliphatic carboxylic acids is 1. The molecule has 55 heavy (non-hydrogen) atoms. The van der Waals surface area contributed by atoms with Gasteiger partial charge in [-0.2, -0.15) is 0 Å². The summed E-state index contributed by atoms with van der Waals surface area (Å²) in [7, 11) is 0. The highest BCUT2D eigenvalue weighted by molar-refractivity contribution is 6.02. The first kappa shape index (κ1) is 39.4. The minimum absolute atomic E-state index is 0.0116. The molecule has 10 heteroatoms. The zero-order chi connectivity index (χ0) is 39.9. The average Bonchev–Trinajstić information content (AvgIpc) is 3.32. The van der Waals surface area contributed by atoms with Crippen LogP contribution in [0.3, 0.4) is 0 Å². The number of fused-ring (bicyclic) bond motifs is 1. The molecule has 0 heterocycles. The molecule has 6 aliphatic carbocycles. The van der Waals surface area contributed by atoms with E-state index in [1.165, 1.54) is 13.0 Å². The second-order valence-electron chi connectivity index (χ2n) is 18.6. The Bertz CT molecular complexity index is 1930. The number of hydrogen-bond acceptors (Lipinski definition) is 7. The molecule has 1 aromatic carbocycles. The van der Waals surface area contributed by atoms with Crippen molar-refractivity contribution in [2.75, 3.05) is 6.54 Å². The van der Waals surface area contributed by atoms with E-state index >= 15 is 4.79 Å². The first-order valence-electron chi connectivity index (χ1n) is 20.2. The Kier molecular flexibility index (Phi) is 9.58. The third-order valence-corrected chi connectivity index (χ3v) is 15.9. The fraction of sp³-hybridized carbons (Fsp3) is 0.600. The van der Waals surface area contributed by atoms with E-state index in [4.69, 9.17) is 11.5 Å². The monoisotopic (exact) mass is 753 g/mol. The summed E-state index contributed by atoms with van der Waals surface area (Å²) in [6, 6.07) is 9.89. The lowest BCUT2D eigenvalue weighted by Gasteiger charge is -2.69. The van der Waals surface area contributed by atoms with E-state index in [0.29, 0.717) is 30.4 Å². The van der Waals surface area contributed by atoms with Gasteiger partial charge in [0, 0.05) is 58.6 Å². The number of guanidine groups is 1. The number of aliphatic imine (C=N–C) groups is 1. The van der Waals surface area contributed by atoms with Gasteiger partial charge >= 0.3 is 5.97 Å². The normalized spacial score (nSPS) is 39.4. The van der Waals surface area contributed by atoms with Crippen LogP contribution in [-0.4, -0.2) is 67.8 Å². The molecular weight excluding hydrogens is 695 g/mol. The molecule has 0 radical (unpaired) electrons. The Morgan fingerprint density at radius 3 is 2.38 bits per heavy atom. The van der Waals surface area contributed by atoms with Crippen molar-refractivity contribution in [3.05, 3.63) is 76.9 Å². The van der Waals surface area contributed by atoms with Gasteiger partial charge in [0.05, 0.1) is 11.7 Å². The maximum Gasteiger partial charge on any atom is 0.331 e. The predicted octanol–water partition coefficient (Wildman–Crippen LogP) is 5.52. The number of carbonyl (C=O) groups excluding carboxylic acids is 2. The van der Waals surface area contributed by atoms with Crippen molar-refractivity contribution in [3.8, 4) is 0 Å². The Balaban J connectivity index is 1.49. The van der Waals surface area contributed by atoms with Crippen LogP contribution in [0.15, 0.2) is 76.3 Å². The van der Waals surface area contributed by atoms with Gasteiger partial charge < -0.3 is 31.9 Å². The van der Waals surface area contributed by atoms with Gasteiger partial charge in [0.1, 0.15) is 11.4 Å². The van der Waals surface area contributed by atoms with E-state index in [9.17, 15) is 30.0 Å². The Morgan fingerprint density at radius 2 is 1.71 bits per heavy atom. The zero-order valence-electron chi connectivity index (χ0n) is 32.9. The standard InChI is InChI=1S/C45H59N3O7/c1-26(38(52)53)22-32(49)29(25-48-39(46)47)27(2)31-23-44(54)20-21-45(55)30(15-14-28-12-8-6-9-13-28)36-40(3,4)34(51)16-19-42(36)17-10-7-11-18-43(31)24-33(50)35(42)37(45)41(43,44)5/h6,8-9,12-15,20-22,27,29-32,36,49,54-55H,7,10-11,16-19,23-25H2,1-5H3,(H,52,53)(H4,46,47,48)/b15-14+,26-22+/t27-,29+,30+,31-,32-,36-,41-,42-,43-,44-,45-/m1/s1. The number of aliphatic hydroxyl groups excluding tert-OH is 1. The SMILES string of the molecule is C/C(=C\[C@@H](O)[C@@H](CN=C(N)N)[C@@H](C)[C@H]1C[C@]2(O)C=C[C@]3(O)C4=C5C(=O)C[C@@]1(CCCCC[C@@]51CCC(=O)C(C)(C)[C@H]1[C@@H]3/C=C/c1ccccc1)[C@@]42C)C(=O)O. The van der Waals surface area contributed by atoms with Crippen LogP contribution in [0.5, 0.6) is 0 Å². The summed E-state index contributed by atoms with van der Waals surface area (Å²) < 4.78 is 0. The third kappa shape index (κ3) is 5.52. The first-order valence-corrected chi connectivity index (χ1v) is 20.2. The number of rotatable bonds is 9. The molecule has 7 rings (SSSR count). The van der Waals surface area contributed by atoms with Crippen LogP contribution in [0.4, 0.5) is 0 Å². The number of hydrogen-bond donors (Lipinski definition) is 6. The van der Waals surface area contributed by atoms with E-state index in [2.05, 4.69) is 18.0 Å². The molecule has 6 aliphatic rings. The van der Waals surface area contributed by atoms with Crippen molar-refractivity contribution < 1.29 is 34.8 Å². The number of carboxylic acid groups (broad SMARTS) is 1. The van der Waals surface area contributed by atoms with Crippen LogP contribution in [0.1, 0.15) is 98.0 Å². The summed E-state index contributed by atoms with van der Waals surface area (Å²) in [4.78, 5) is 45.6. The highest BCUT2D eigenvalue weighted by Gasteiger charge is 2.80. The molecule has 0 saturated heterocycles. The molecule has 3 fully saturated rings. The van der Waals surface area contributed by atoms with Gasteiger partial charge in [0.2, 0.25) is 0 Å². The molecule has 2 bridgehead atoms. The maximum atomic E-state index is 15.5. The van der Waals surface area contributed by atoms with Gasteiger partial charge in [0.15, 0.2) is 11.7 Å². The van der Waals surface area contributed by atoms with Crippen molar-refractivity contribution in [2.45, 2.75) is 110 Å². The van der Waals surface area contributed by atoms with Gasteiger partial charge in [-0.15, -0.1) is 0 Å². The topological polar surface area (TPSA) is 197 Å². The number of carbonyl (C=O) groups is 3. The highest BCUT2D eigenvalue weighted by atomic mass is 16.4. The quantitative estimate of drug-likeness (QED) is 0.0815. The van der Waals surface area contributed by atoms with E-state index in [1.54, 1.807) is 12.2 Å². The van der Waals surface area contributed by atoms with Crippen molar-refractivity contribution in [2.24, 2.45) is 67.7 Å². The molecule has 11 atom stereocenters. The lowest BCUT2D eigenvalue weighted by atomic mass is 9.34. The fourth-order valence-corrected chi connectivity index (χ4v) is 13.3. The molecule has 296 valence electrons. The van der Waals surface area contributed by atoms with Gasteiger partial charge in [-0.05, 0) is 79.1 Å². The minimum atomic E-state index is -1.68. The first-order chi connectivity index (χ1) is 25.8. The number of aliphatic hydroxyl groups is 3. The molecule has 0 aliphatic heterocycles. The second kappa shape index (κ2) is 13.4. The van der Waals surface area contributed by atoms with E-state index in [1.807, 2.05) is 57.2 Å². The number of nitrogens with zero attached hydrogens (tertiary/aromatic N) is 1. The van der Waals surface area contributed by atoms with E-state index in [-0.39, 0.29) is 54.3 Å². The summed E-state index contributed by atoms with van der Waals surface area (Å²) in [6.45, 7) is 9.49. The van der Waals surface area contributed by atoms with Crippen LogP contribution in [0.2, 0.25) is 0 Å². The molecule has 0 unspecified atom stereocenters. The third-order valence-electron chi connectivity index (χ3n) is 15.9. The largest absolute Gasteiger partial charge is 0.478 e. The number of carboxylic acids is 1. The Labute approximate surface area is 324 Å². The van der Waals surface area contributed by atoms with Crippen LogP contribution in [-0.2, 0) is 14.4 Å². The molecular formula is C45H59N3O7. The number of ketones is 2. The van der Waals surface area contributed by atoms with Gasteiger partial charge in [-0.3, -0.25) is 14.6 Å². The molecule has 1 aromatic rings. The number of Topliss-reactive ketones (excluding diaryl/α,β-unsaturated/α-hetero) is 2. The van der Waals surface area contributed by atoms with Gasteiger partial charge in [0.25, 0.3) is 0 Å². The molecule has 2 spiro atoms. The average molecular weight is 754 g/mol. The van der Waals surface area contributed by atoms with Crippen LogP contribution in [0.25, 0.3) is 6.08 Å². The van der Waals surface area contributed by atoms with Crippen molar-refractivity contribution in [1.82, 2.24) is 0 Å². The second-order valence-corrected chi connectivity index (χ2v) is 18.6. The molecule has 8 N–H and O–H groups in total. The van der Waals surface area contributed by atoms with Gasteiger partial charge in [-0.25, -0.2) is 4.79 Å². The summed E-state index contributed by atoms with van der Waals surface area (Å²) in [5.41, 5.74) is 7.19. The van der Waals surface area contributed by atoms with Gasteiger partial charge in [-0.1, -0.05) is 95.5 Å². The molecule has 10 nitrogen and oxygen atoms in total. The minimum Gasteiger partial charge on any atom is -0.478 e. The maximum absolute atomic E-state index is 15.5.